The van der Waals surface area contributed by atoms with E-state index >= 15 is 0 Å². The Kier molecular flexibility index (Phi) is 4.41. The van der Waals surface area contributed by atoms with Crippen molar-refractivity contribution in [2.45, 2.75) is 12.5 Å². The molecule has 2 amide bonds. The molecule has 10 nitrogen and oxygen atoms in total. The van der Waals surface area contributed by atoms with Gasteiger partial charge in [0.2, 0.25) is 5.91 Å². The fourth-order valence-corrected chi connectivity index (χ4v) is 1.55. The Morgan fingerprint density at radius 1 is 1.50 bits per heavy atom. The molecule has 0 saturated heterocycles. The smallest absolute Gasteiger partial charge is 0.326 e. The molecule has 1 atom stereocenters. The van der Waals surface area contributed by atoms with E-state index in [0.717, 1.165) is 10.6 Å². The quantitative estimate of drug-likeness (QED) is 0.448. The first kappa shape index (κ1) is 15.1. The summed E-state index contributed by atoms with van der Waals surface area (Å²) in [6.07, 6.45) is -0.576. The maximum absolute atomic E-state index is 11.8. The Balaban J connectivity index is 2.92. The van der Waals surface area contributed by atoms with Gasteiger partial charge >= 0.3 is 11.8 Å². The maximum Gasteiger partial charge on any atom is 0.326 e. The van der Waals surface area contributed by atoms with Crippen LogP contribution in [0.25, 0.3) is 0 Å². The Labute approximate surface area is 112 Å². The van der Waals surface area contributed by atoms with Crippen molar-refractivity contribution in [2.24, 2.45) is 12.8 Å². The van der Waals surface area contributed by atoms with E-state index in [4.69, 9.17) is 10.8 Å². The van der Waals surface area contributed by atoms with E-state index in [1.165, 1.54) is 13.1 Å². The highest BCUT2D eigenvalue weighted by atomic mass is 16.6. The number of aliphatic carboxylic acids is 1. The molecule has 1 aromatic heterocycles. The molecule has 20 heavy (non-hydrogen) atoms. The van der Waals surface area contributed by atoms with Gasteiger partial charge in [-0.3, -0.25) is 9.59 Å². The second-order valence-corrected chi connectivity index (χ2v) is 3.93. The normalized spacial score (nSPS) is 11.7. The molecule has 0 aromatic carbocycles. The second kappa shape index (κ2) is 5.82. The van der Waals surface area contributed by atoms with Gasteiger partial charge in [0.05, 0.1) is 13.5 Å². The Hall–Kier alpha value is -2.91. The van der Waals surface area contributed by atoms with E-state index in [-0.39, 0.29) is 11.5 Å². The zero-order valence-corrected chi connectivity index (χ0v) is 10.4. The number of rotatable bonds is 6. The predicted octanol–water partition coefficient (Wildman–Crippen LogP) is -1.01. The van der Waals surface area contributed by atoms with Gasteiger partial charge in [-0.2, -0.15) is 0 Å². The highest BCUT2D eigenvalue weighted by molar-refractivity contribution is 5.96. The largest absolute Gasteiger partial charge is 0.480 e. The number of carboxylic acid groups (broad SMARTS) is 1. The fourth-order valence-electron chi connectivity index (χ4n) is 1.55. The number of carbonyl (C=O) groups is 3. The van der Waals surface area contributed by atoms with Gasteiger partial charge in [0.15, 0.2) is 5.69 Å². The van der Waals surface area contributed by atoms with Crippen LogP contribution in [-0.4, -0.2) is 38.4 Å². The van der Waals surface area contributed by atoms with Crippen LogP contribution in [0.15, 0.2) is 12.1 Å². The van der Waals surface area contributed by atoms with Crippen LogP contribution in [0.5, 0.6) is 0 Å². The van der Waals surface area contributed by atoms with Gasteiger partial charge in [0.1, 0.15) is 6.04 Å². The van der Waals surface area contributed by atoms with Crippen LogP contribution in [0.3, 0.4) is 0 Å². The van der Waals surface area contributed by atoms with Crippen molar-refractivity contribution in [3.05, 3.63) is 27.9 Å². The molecule has 1 unspecified atom stereocenters. The third-order valence-electron chi connectivity index (χ3n) is 2.52. The molecule has 0 aliphatic carbocycles. The van der Waals surface area contributed by atoms with E-state index in [2.05, 4.69) is 5.32 Å². The first-order chi connectivity index (χ1) is 9.23. The van der Waals surface area contributed by atoms with Crippen LogP contribution in [0.4, 0.5) is 5.82 Å². The first-order valence-corrected chi connectivity index (χ1v) is 5.36. The summed E-state index contributed by atoms with van der Waals surface area (Å²) < 4.78 is 0.999. The third-order valence-corrected chi connectivity index (χ3v) is 2.52. The number of nitrogens with two attached hydrogens (primary N) is 1. The Bertz CT molecular complexity index is 578. The van der Waals surface area contributed by atoms with E-state index in [1.54, 1.807) is 0 Å². The van der Waals surface area contributed by atoms with Crippen LogP contribution in [0.2, 0.25) is 0 Å². The molecule has 4 N–H and O–H groups in total. The lowest BCUT2D eigenvalue weighted by molar-refractivity contribution is -0.391. The third kappa shape index (κ3) is 3.31. The van der Waals surface area contributed by atoms with Crippen molar-refractivity contribution in [3.8, 4) is 0 Å². The number of nitrogens with zero attached hydrogens (tertiary/aromatic N) is 2. The van der Waals surface area contributed by atoms with Crippen molar-refractivity contribution in [2.75, 3.05) is 0 Å². The van der Waals surface area contributed by atoms with E-state index in [1.807, 2.05) is 0 Å². The van der Waals surface area contributed by atoms with Gasteiger partial charge in [-0.15, -0.1) is 0 Å². The maximum atomic E-state index is 11.8. The van der Waals surface area contributed by atoms with Crippen LogP contribution in [0, 0.1) is 10.1 Å². The molecule has 10 heteroatoms. The summed E-state index contributed by atoms with van der Waals surface area (Å²) in [5.41, 5.74) is 4.77. The Morgan fingerprint density at radius 3 is 2.50 bits per heavy atom. The molecule has 1 heterocycles. The summed E-state index contributed by atoms with van der Waals surface area (Å²) >= 11 is 0. The van der Waals surface area contributed by atoms with Gasteiger partial charge in [0.25, 0.3) is 5.91 Å². The summed E-state index contributed by atoms with van der Waals surface area (Å²) in [5.74, 6) is -3.50. The molecule has 0 bridgehead atoms. The fraction of sp³-hybridized carbons (Fsp3) is 0.300. The predicted molar refractivity (Wildman–Crippen MR) is 64.8 cm³/mol. The molecule has 1 aromatic rings. The Morgan fingerprint density at radius 2 is 2.10 bits per heavy atom. The number of amides is 2. The minimum Gasteiger partial charge on any atom is -0.480 e. The molecule has 108 valence electrons. The van der Waals surface area contributed by atoms with Crippen molar-refractivity contribution < 1.29 is 24.4 Å². The average Bonchev–Trinajstić information content (AvgIpc) is 2.69. The van der Waals surface area contributed by atoms with Crippen LogP contribution < -0.4 is 11.1 Å². The zero-order valence-electron chi connectivity index (χ0n) is 10.4. The molecule has 0 saturated carbocycles. The van der Waals surface area contributed by atoms with Gasteiger partial charge < -0.3 is 26.3 Å². The van der Waals surface area contributed by atoms with Crippen molar-refractivity contribution in [3.63, 3.8) is 0 Å². The molecule has 0 aliphatic rings. The van der Waals surface area contributed by atoms with E-state index in [9.17, 15) is 24.5 Å². The molecule has 0 aliphatic heterocycles. The first-order valence-electron chi connectivity index (χ1n) is 5.36. The molecular formula is C10H12N4O6. The molecule has 0 radical (unpaired) electrons. The zero-order chi connectivity index (χ0) is 15.4. The average molecular weight is 284 g/mol. The number of primary amides is 1. The van der Waals surface area contributed by atoms with Gasteiger partial charge in [-0.05, 0) is 11.0 Å². The SMILES string of the molecule is Cn1c(C(=O)NC(CC(N)=O)C(=O)O)ccc1[N+](=O)[O-]. The monoisotopic (exact) mass is 284 g/mol. The lowest BCUT2D eigenvalue weighted by Gasteiger charge is -2.11. The van der Waals surface area contributed by atoms with Crippen molar-refractivity contribution in [1.82, 2.24) is 9.88 Å². The van der Waals surface area contributed by atoms with Crippen LogP contribution in [-0.2, 0) is 16.6 Å². The number of hydrogen-bond acceptors (Lipinski definition) is 5. The summed E-state index contributed by atoms with van der Waals surface area (Å²) in [7, 11) is 1.29. The van der Waals surface area contributed by atoms with Crippen LogP contribution >= 0.6 is 0 Å². The summed E-state index contributed by atoms with van der Waals surface area (Å²) in [6.45, 7) is 0. The highest BCUT2D eigenvalue weighted by Gasteiger charge is 2.26. The molecular weight excluding hydrogens is 272 g/mol. The van der Waals surface area contributed by atoms with Gasteiger partial charge in [0, 0.05) is 6.07 Å². The summed E-state index contributed by atoms with van der Waals surface area (Å²) in [5, 5.41) is 21.5. The number of hydrogen-bond donors (Lipinski definition) is 3. The molecule has 0 fully saturated rings. The number of aromatic nitrogens is 1. The minimum atomic E-state index is -1.49. The molecule has 0 spiro atoms. The van der Waals surface area contributed by atoms with E-state index in [0.29, 0.717) is 0 Å². The number of carbonyl (C=O) groups excluding carboxylic acids is 2. The number of nitro groups is 1. The number of carboxylic acids is 1. The minimum absolute atomic E-state index is 0.104. The lowest BCUT2D eigenvalue weighted by atomic mass is 10.2. The lowest BCUT2D eigenvalue weighted by Crippen LogP contribution is -2.43. The van der Waals surface area contributed by atoms with Crippen molar-refractivity contribution in [1.29, 1.82) is 0 Å². The standard InChI is InChI=1S/C10H12N4O6/c1-13-6(2-3-8(13)14(19)20)9(16)12-5(10(17)18)4-7(11)15/h2-3,5H,4H2,1H3,(H2,11,15)(H,12,16)(H,17,18). The number of nitrogens with one attached hydrogen (secondary N) is 1. The van der Waals surface area contributed by atoms with Crippen LogP contribution in [0.1, 0.15) is 16.9 Å². The molecule has 1 rings (SSSR count). The summed E-state index contributed by atoms with van der Waals surface area (Å²) in [6, 6.07) is 0.795. The topological polar surface area (TPSA) is 158 Å². The van der Waals surface area contributed by atoms with Crippen molar-refractivity contribution >= 4 is 23.6 Å². The second-order valence-electron chi connectivity index (χ2n) is 3.93. The van der Waals surface area contributed by atoms with Gasteiger partial charge in [-0.25, -0.2) is 9.36 Å². The van der Waals surface area contributed by atoms with E-state index < -0.39 is 35.2 Å². The summed E-state index contributed by atoms with van der Waals surface area (Å²) in [4.78, 5) is 43.3. The highest BCUT2D eigenvalue weighted by Crippen LogP contribution is 2.15. The van der Waals surface area contributed by atoms with Gasteiger partial charge in [-0.1, -0.05) is 0 Å².